The molecular formula is C13H28N2O. The maximum absolute atomic E-state index is 11.7. The molecule has 0 aliphatic carbocycles. The first kappa shape index (κ1) is 15.4. The second kappa shape index (κ2) is 7.66. The lowest BCUT2D eigenvalue weighted by atomic mass is 10.0. The minimum absolute atomic E-state index is 0.0213. The Morgan fingerprint density at radius 2 is 1.69 bits per heavy atom. The lowest BCUT2D eigenvalue weighted by Crippen LogP contribution is -2.47. The Kier molecular flexibility index (Phi) is 7.39. The van der Waals surface area contributed by atoms with Gasteiger partial charge in [0.1, 0.15) is 0 Å². The fraction of sp³-hybridized carbons (Fsp3) is 0.923. The lowest BCUT2D eigenvalue weighted by Gasteiger charge is -2.19. The summed E-state index contributed by atoms with van der Waals surface area (Å²) in [5, 5.41) is 2.97. The van der Waals surface area contributed by atoms with Gasteiger partial charge in [0.2, 0.25) is 5.91 Å². The van der Waals surface area contributed by atoms with Gasteiger partial charge in [0.25, 0.3) is 0 Å². The zero-order valence-electron chi connectivity index (χ0n) is 11.4. The molecule has 0 spiro atoms. The monoisotopic (exact) mass is 228 g/mol. The number of nitrogens with two attached hydrogens (primary N) is 1. The van der Waals surface area contributed by atoms with Gasteiger partial charge < -0.3 is 11.1 Å². The molecule has 3 N–H and O–H groups in total. The minimum Gasteiger partial charge on any atom is -0.352 e. The number of rotatable bonds is 7. The molecular weight excluding hydrogens is 200 g/mol. The summed E-state index contributed by atoms with van der Waals surface area (Å²) >= 11 is 0. The van der Waals surface area contributed by atoms with Crippen LogP contribution in [0.2, 0.25) is 0 Å². The van der Waals surface area contributed by atoms with Crippen molar-refractivity contribution in [2.24, 2.45) is 17.6 Å². The average molecular weight is 228 g/mol. The van der Waals surface area contributed by atoms with E-state index in [0.717, 1.165) is 18.8 Å². The summed E-state index contributed by atoms with van der Waals surface area (Å²) in [6.45, 7) is 10.4. The summed E-state index contributed by atoms with van der Waals surface area (Å²) in [6.07, 6.45) is 3.42. The zero-order chi connectivity index (χ0) is 12.7. The summed E-state index contributed by atoms with van der Waals surface area (Å²) in [5.41, 5.74) is 5.77. The first-order chi connectivity index (χ1) is 7.34. The van der Waals surface area contributed by atoms with E-state index in [1.54, 1.807) is 0 Å². The third kappa shape index (κ3) is 6.83. The predicted molar refractivity (Wildman–Crippen MR) is 69.1 cm³/mol. The van der Waals surface area contributed by atoms with Crippen molar-refractivity contribution in [1.82, 2.24) is 5.32 Å². The topological polar surface area (TPSA) is 55.1 Å². The van der Waals surface area contributed by atoms with Gasteiger partial charge in [-0.15, -0.1) is 0 Å². The highest BCUT2D eigenvalue weighted by molar-refractivity contribution is 5.81. The normalized spacial score (nSPS) is 15.2. The second-order valence-corrected chi connectivity index (χ2v) is 5.50. The molecule has 16 heavy (non-hydrogen) atoms. The number of hydrogen-bond acceptors (Lipinski definition) is 2. The first-order valence-corrected chi connectivity index (χ1v) is 6.40. The molecule has 0 saturated heterocycles. The molecule has 0 heterocycles. The highest BCUT2D eigenvalue weighted by Gasteiger charge is 2.18. The predicted octanol–water partition coefficient (Wildman–Crippen LogP) is 2.30. The van der Waals surface area contributed by atoms with Gasteiger partial charge in [-0.1, -0.05) is 40.5 Å². The van der Waals surface area contributed by atoms with Crippen molar-refractivity contribution in [3.05, 3.63) is 0 Å². The van der Waals surface area contributed by atoms with E-state index < -0.39 is 0 Å². The molecule has 0 rings (SSSR count). The largest absolute Gasteiger partial charge is 0.352 e. The molecule has 96 valence electrons. The Morgan fingerprint density at radius 3 is 2.12 bits per heavy atom. The molecule has 0 aliphatic rings. The van der Waals surface area contributed by atoms with Crippen molar-refractivity contribution in [2.45, 2.75) is 66.0 Å². The molecule has 3 heteroatoms. The summed E-state index contributed by atoms with van der Waals surface area (Å²) < 4.78 is 0. The van der Waals surface area contributed by atoms with Crippen molar-refractivity contribution in [2.75, 3.05) is 0 Å². The van der Waals surface area contributed by atoms with Crippen molar-refractivity contribution < 1.29 is 4.79 Å². The fourth-order valence-electron chi connectivity index (χ4n) is 1.55. The fourth-order valence-corrected chi connectivity index (χ4v) is 1.55. The van der Waals surface area contributed by atoms with Gasteiger partial charge in [-0.3, -0.25) is 4.79 Å². The standard InChI is InChI=1S/C13H28N2O/c1-9(2)7-6-8-11(5)15-13(16)12(14)10(3)4/h9-12H,6-8,14H2,1-5H3,(H,15,16). The van der Waals surface area contributed by atoms with Gasteiger partial charge in [-0.2, -0.15) is 0 Å². The van der Waals surface area contributed by atoms with Crippen LogP contribution >= 0.6 is 0 Å². The van der Waals surface area contributed by atoms with Crippen LogP contribution in [0.4, 0.5) is 0 Å². The van der Waals surface area contributed by atoms with Crippen LogP contribution in [0, 0.1) is 11.8 Å². The molecule has 0 fully saturated rings. The van der Waals surface area contributed by atoms with E-state index >= 15 is 0 Å². The zero-order valence-corrected chi connectivity index (χ0v) is 11.4. The van der Waals surface area contributed by atoms with E-state index in [1.165, 1.54) is 6.42 Å². The highest BCUT2D eigenvalue weighted by Crippen LogP contribution is 2.08. The summed E-state index contributed by atoms with van der Waals surface area (Å²) in [6, 6.07) is -0.149. The van der Waals surface area contributed by atoms with E-state index in [1.807, 2.05) is 20.8 Å². The molecule has 0 aromatic carbocycles. The summed E-state index contributed by atoms with van der Waals surface area (Å²) in [7, 11) is 0. The van der Waals surface area contributed by atoms with Gasteiger partial charge in [0, 0.05) is 6.04 Å². The third-order valence-corrected chi connectivity index (χ3v) is 2.83. The van der Waals surface area contributed by atoms with Crippen LogP contribution in [0.15, 0.2) is 0 Å². The molecule has 0 aromatic heterocycles. The van der Waals surface area contributed by atoms with E-state index in [9.17, 15) is 4.79 Å². The van der Waals surface area contributed by atoms with Gasteiger partial charge >= 0.3 is 0 Å². The van der Waals surface area contributed by atoms with Crippen molar-refractivity contribution in [1.29, 1.82) is 0 Å². The molecule has 0 aromatic rings. The highest BCUT2D eigenvalue weighted by atomic mass is 16.2. The average Bonchev–Trinajstić information content (AvgIpc) is 2.15. The Bertz CT molecular complexity index is 202. The van der Waals surface area contributed by atoms with Gasteiger partial charge in [0.05, 0.1) is 6.04 Å². The number of amides is 1. The van der Waals surface area contributed by atoms with Crippen LogP contribution in [-0.4, -0.2) is 18.0 Å². The van der Waals surface area contributed by atoms with Crippen LogP contribution in [0.25, 0.3) is 0 Å². The van der Waals surface area contributed by atoms with Crippen LogP contribution in [-0.2, 0) is 4.79 Å². The summed E-state index contributed by atoms with van der Waals surface area (Å²) in [5.74, 6) is 0.913. The van der Waals surface area contributed by atoms with Crippen molar-refractivity contribution >= 4 is 5.91 Å². The van der Waals surface area contributed by atoms with Crippen LogP contribution in [0.5, 0.6) is 0 Å². The Morgan fingerprint density at radius 1 is 1.12 bits per heavy atom. The van der Waals surface area contributed by atoms with Crippen LogP contribution in [0.3, 0.4) is 0 Å². The van der Waals surface area contributed by atoms with Gasteiger partial charge in [-0.05, 0) is 25.2 Å². The molecule has 0 bridgehead atoms. The SMILES string of the molecule is CC(C)CCCC(C)NC(=O)C(N)C(C)C. The van der Waals surface area contributed by atoms with Crippen molar-refractivity contribution in [3.8, 4) is 0 Å². The first-order valence-electron chi connectivity index (χ1n) is 6.40. The molecule has 2 unspecified atom stereocenters. The number of hydrogen-bond donors (Lipinski definition) is 2. The molecule has 1 amide bonds. The Hall–Kier alpha value is -0.570. The number of nitrogens with one attached hydrogen (secondary N) is 1. The maximum atomic E-state index is 11.7. The maximum Gasteiger partial charge on any atom is 0.237 e. The van der Waals surface area contributed by atoms with E-state index in [4.69, 9.17) is 5.73 Å². The smallest absolute Gasteiger partial charge is 0.237 e. The van der Waals surface area contributed by atoms with Crippen molar-refractivity contribution in [3.63, 3.8) is 0 Å². The number of carbonyl (C=O) groups excluding carboxylic acids is 1. The number of carbonyl (C=O) groups is 1. The Labute approximate surface area is 100 Å². The van der Waals surface area contributed by atoms with Gasteiger partial charge in [-0.25, -0.2) is 0 Å². The molecule has 2 atom stereocenters. The summed E-state index contributed by atoms with van der Waals surface area (Å²) in [4.78, 5) is 11.7. The molecule has 0 aliphatic heterocycles. The quantitative estimate of drug-likeness (QED) is 0.702. The lowest BCUT2D eigenvalue weighted by molar-refractivity contribution is -0.123. The molecule has 3 nitrogen and oxygen atoms in total. The third-order valence-electron chi connectivity index (χ3n) is 2.83. The molecule has 0 saturated carbocycles. The van der Waals surface area contributed by atoms with Crippen LogP contribution < -0.4 is 11.1 Å². The minimum atomic E-state index is -0.382. The van der Waals surface area contributed by atoms with E-state index in [-0.39, 0.29) is 23.9 Å². The molecule has 0 radical (unpaired) electrons. The van der Waals surface area contributed by atoms with Gasteiger partial charge in [0.15, 0.2) is 0 Å². The van der Waals surface area contributed by atoms with Crippen LogP contribution in [0.1, 0.15) is 53.9 Å². The van der Waals surface area contributed by atoms with E-state index in [0.29, 0.717) is 0 Å². The Balaban J connectivity index is 3.78. The van der Waals surface area contributed by atoms with E-state index in [2.05, 4.69) is 19.2 Å². The second-order valence-electron chi connectivity index (χ2n) is 5.50.